The van der Waals surface area contributed by atoms with Crippen LogP contribution in [0.3, 0.4) is 0 Å². The molecule has 7 nitrogen and oxygen atoms in total. The number of nitrogens with zero attached hydrogens (tertiary/aromatic N) is 3. The van der Waals surface area contributed by atoms with E-state index in [-0.39, 0.29) is 24.3 Å². The van der Waals surface area contributed by atoms with Gasteiger partial charge in [0.25, 0.3) is 0 Å². The van der Waals surface area contributed by atoms with Crippen LogP contribution in [0.2, 0.25) is 10.0 Å². The number of carbonyl (C=O) groups is 1. The number of fused-ring (bicyclic) bond motifs is 1. The van der Waals surface area contributed by atoms with Gasteiger partial charge in [0.1, 0.15) is 23.7 Å². The molecule has 1 unspecified atom stereocenters. The van der Waals surface area contributed by atoms with Crippen molar-refractivity contribution >= 4 is 40.1 Å². The fraction of sp³-hybridized carbons (Fsp3) is 0.250. The Balaban J connectivity index is 1.33. The van der Waals surface area contributed by atoms with Crippen molar-refractivity contribution in [3.63, 3.8) is 0 Å². The molecule has 41 heavy (non-hydrogen) atoms. The Morgan fingerprint density at radius 1 is 1.02 bits per heavy atom. The summed E-state index contributed by atoms with van der Waals surface area (Å²) in [4.78, 5) is 11.9. The molecule has 2 aromatic heterocycles. The number of nitrogens with two attached hydrogens (primary N) is 1. The van der Waals surface area contributed by atoms with Crippen LogP contribution in [-0.4, -0.2) is 25.4 Å². The molecule has 1 atom stereocenters. The minimum Gasteiger partial charge on any atom is -0.487 e. The fourth-order valence-corrected chi connectivity index (χ4v) is 5.81. The van der Waals surface area contributed by atoms with Crippen LogP contribution in [0, 0.1) is 6.92 Å². The summed E-state index contributed by atoms with van der Waals surface area (Å²) >= 11 is 13.0. The van der Waals surface area contributed by atoms with Crippen LogP contribution in [0.1, 0.15) is 65.1 Å². The first-order valence-electron chi connectivity index (χ1n) is 13.5. The van der Waals surface area contributed by atoms with Crippen LogP contribution in [-0.2, 0) is 13.2 Å². The Morgan fingerprint density at radius 3 is 2.44 bits per heavy atom. The van der Waals surface area contributed by atoms with E-state index in [1.165, 1.54) is 0 Å². The summed E-state index contributed by atoms with van der Waals surface area (Å²) in [5, 5.41) is 16.2. The number of rotatable bonds is 10. The van der Waals surface area contributed by atoms with Crippen molar-refractivity contribution in [1.82, 2.24) is 14.3 Å². The van der Waals surface area contributed by atoms with E-state index in [1.807, 2.05) is 60.2 Å². The van der Waals surface area contributed by atoms with Crippen molar-refractivity contribution < 1.29 is 14.6 Å². The van der Waals surface area contributed by atoms with Gasteiger partial charge in [0.15, 0.2) is 0 Å². The van der Waals surface area contributed by atoms with E-state index in [2.05, 4.69) is 18.9 Å². The number of aromatic nitrogens is 3. The Hall–Kier alpha value is -3.78. The minimum absolute atomic E-state index is 0.227. The molecule has 0 amide bonds. The summed E-state index contributed by atoms with van der Waals surface area (Å²) in [5.74, 6) is -0.0215. The van der Waals surface area contributed by atoms with Crippen molar-refractivity contribution in [1.29, 1.82) is 0 Å². The van der Waals surface area contributed by atoms with Gasteiger partial charge in [0, 0.05) is 23.5 Å². The molecule has 5 aromatic rings. The van der Waals surface area contributed by atoms with Gasteiger partial charge < -0.3 is 20.1 Å². The molecular formula is C32H32Cl2N4O3. The van der Waals surface area contributed by atoms with Gasteiger partial charge in [-0.05, 0) is 72.4 Å². The SMILES string of the molecule is Cc1cc(OCc2c(C(C)C)cnn2-c2c(Cl)cccc2Cl)ccc1C(N)CCn1c(C(=O)O)cc2ccccc21. The van der Waals surface area contributed by atoms with Crippen molar-refractivity contribution in [2.45, 2.75) is 52.3 Å². The first-order valence-corrected chi connectivity index (χ1v) is 14.2. The van der Waals surface area contributed by atoms with Crippen molar-refractivity contribution in [2.75, 3.05) is 0 Å². The normalized spacial score (nSPS) is 12.3. The van der Waals surface area contributed by atoms with E-state index in [0.29, 0.717) is 34.4 Å². The molecule has 3 N–H and O–H groups in total. The lowest BCUT2D eigenvalue weighted by atomic mass is 9.99. The van der Waals surface area contributed by atoms with E-state index < -0.39 is 5.97 Å². The Labute approximate surface area is 249 Å². The number of carboxylic acids is 1. The summed E-state index contributed by atoms with van der Waals surface area (Å²) in [6.07, 6.45) is 2.41. The van der Waals surface area contributed by atoms with Gasteiger partial charge in [0.05, 0.1) is 21.9 Å². The van der Waals surface area contributed by atoms with Crippen LogP contribution < -0.4 is 10.5 Å². The van der Waals surface area contributed by atoms with Gasteiger partial charge in [0.2, 0.25) is 0 Å². The Morgan fingerprint density at radius 2 is 1.76 bits per heavy atom. The molecule has 2 heterocycles. The average Bonchev–Trinajstić information content (AvgIpc) is 3.52. The molecule has 0 radical (unpaired) electrons. The van der Waals surface area contributed by atoms with E-state index in [4.69, 9.17) is 33.7 Å². The third-order valence-electron chi connectivity index (χ3n) is 7.38. The van der Waals surface area contributed by atoms with Crippen molar-refractivity contribution in [2.24, 2.45) is 5.73 Å². The predicted octanol–water partition coefficient (Wildman–Crippen LogP) is 7.93. The molecule has 9 heteroatoms. The number of aryl methyl sites for hydroxylation is 2. The smallest absolute Gasteiger partial charge is 0.352 e. The van der Waals surface area contributed by atoms with Gasteiger partial charge in [-0.2, -0.15) is 5.10 Å². The second-order valence-electron chi connectivity index (χ2n) is 10.4. The first-order chi connectivity index (χ1) is 19.7. The summed E-state index contributed by atoms with van der Waals surface area (Å²) in [5.41, 5.74) is 12.3. The molecule has 5 rings (SSSR count). The van der Waals surface area contributed by atoms with Crippen molar-refractivity contribution in [3.8, 4) is 11.4 Å². The van der Waals surface area contributed by atoms with Crippen LogP contribution >= 0.6 is 23.2 Å². The summed E-state index contributed by atoms with van der Waals surface area (Å²) in [7, 11) is 0. The fourth-order valence-electron chi connectivity index (χ4n) is 5.26. The number of carboxylic acid groups (broad SMARTS) is 1. The molecule has 0 saturated heterocycles. The zero-order chi connectivity index (χ0) is 29.3. The highest BCUT2D eigenvalue weighted by molar-refractivity contribution is 6.37. The number of ether oxygens (including phenoxy) is 1. The van der Waals surface area contributed by atoms with Gasteiger partial charge >= 0.3 is 5.97 Å². The maximum atomic E-state index is 11.9. The highest BCUT2D eigenvalue weighted by Gasteiger charge is 2.20. The maximum Gasteiger partial charge on any atom is 0.352 e. The van der Waals surface area contributed by atoms with E-state index in [0.717, 1.165) is 33.3 Å². The second kappa shape index (κ2) is 12.0. The minimum atomic E-state index is -0.953. The average molecular weight is 592 g/mol. The topological polar surface area (TPSA) is 95.3 Å². The molecule has 212 valence electrons. The molecule has 0 fully saturated rings. The standard InChI is InChI=1S/C32H32Cl2N4O3/c1-19(2)24-17-36-38(31-25(33)8-6-9-26(31)34)30(24)18-41-22-11-12-23(20(3)15-22)27(35)13-14-37-28-10-5-4-7-21(28)16-29(37)32(39)40/h4-12,15-17,19,27H,13-14,18,35H2,1-3H3,(H,39,40). The quantitative estimate of drug-likeness (QED) is 0.172. The Kier molecular flexibility index (Phi) is 8.40. The molecule has 0 aliphatic rings. The molecule has 0 bridgehead atoms. The van der Waals surface area contributed by atoms with Crippen molar-refractivity contribution in [3.05, 3.63) is 111 Å². The van der Waals surface area contributed by atoms with Gasteiger partial charge in [-0.15, -0.1) is 0 Å². The summed E-state index contributed by atoms with van der Waals surface area (Å²) in [6, 6.07) is 20.3. The molecule has 0 aliphatic carbocycles. The Bertz CT molecular complexity index is 1700. The van der Waals surface area contributed by atoms with Gasteiger partial charge in [-0.25, -0.2) is 9.48 Å². The largest absolute Gasteiger partial charge is 0.487 e. The van der Waals surface area contributed by atoms with Crippen LogP contribution in [0.15, 0.2) is 72.9 Å². The second-order valence-corrected chi connectivity index (χ2v) is 11.2. The predicted molar refractivity (Wildman–Crippen MR) is 164 cm³/mol. The van der Waals surface area contributed by atoms with Gasteiger partial charge in [-0.3, -0.25) is 0 Å². The summed E-state index contributed by atoms with van der Waals surface area (Å²) in [6.45, 7) is 6.98. The number of para-hydroxylation sites is 2. The number of benzene rings is 3. The van der Waals surface area contributed by atoms with E-state index >= 15 is 0 Å². The molecule has 3 aromatic carbocycles. The molecule has 0 aliphatic heterocycles. The third-order valence-corrected chi connectivity index (χ3v) is 7.99. The lowest BCUT2D eigenvalue weighted by molar-refractivity contribution is 0.0685. The number of halogens is 2. The highest BCUT2D eigenvalue weighted by Crippen LogP contribution is 2.32. The van der Waals surface area contributed by atoms with E-state index in [9.17, 15) is 9.90 Å². The highest BCUT2D eigenvalue weighted by atomic mass is 35.5. The van der Waals surface area contributed by atoms with Crippen LogP contribution in [0.5, 0.6) is 5.75 Å². The zero-order valence-corrected chi connectivity index (χ0v) is 24.7. The van der Waals surface area contributed by atoms with Gasteiger partial charge in [-0.1, -0.05) is 67.4 Å². The van der Waals surface area contributed by atoms with Crippen LogP contribution in [0.4, 0.5) is 0 Å². The van der Waals surface area contributed by atoms with E-state index in [1.54, 1.807) is 28.9 Å². The molecular weight excluding hydrogens is 559 g/mol. The monoisotopic (exact) mass is 590 g/mol. The lowest BCUT2D eigenvalue weighted by Crippen LogP contribution is -2.17. The molecule has 0 spiro atoms. The first kappa shape index (κ1) is 28.7. The molecule has 0 saturated carbocycles. The lowest BCUT2D eigenvalue weighted by Gasteiger charge is -2.18. The maximum absolute atomic E-state index is 11.9. The number of hydrogen-bond donors (Lipinski definition) is 2. The number of aromatic carboxylic acids is 1. The zero-order valence-electron chi connectivity index (χ0n) is 23.1. The number of hydrogen-bond acceptors (Lipinski definition) is 4. The third kappa shape index (κ3) is 5.84. The summed E-state index contributed by atoms with van der Waals surface area (Å²) < 4.78 is 9.83. The van der Waals surface area contributed by atoms with Crippen LogP contribution in [0.25, 0.3) is 16.6 Å².